The maximum Gasteiger partial charge on any atom is 0.150 e. The van der Waals surface area contributed by atoms with Crippen LogP contribution in [-0.2, 0) is 4.74 Å². The van der Waals surface area contributed by atoms with Crippen molar-refractivity contribution >= 4 is 10.8 Å². The summed E-state index contributed by atoms with van der Waals surface area (Å²) in [4.78, 5) is 4.76. The zero-order valence-corrected chi connectivity index (χ0v) is 13.8. The van der Waals surface area contributed by atoms with Gasteiger partial charge >= 0.3 is 0 Å². The zero-order chi connectivity index (χ0) is 15.5. The highest BCUT2D eigenvalue weighted by Gasteiger charge is 2.27. The van der Waals surface area contributed by atoms with Crippen LogP contribution in [0.15, 0.2) is 42.5 Å². The van der Waals surface area contributed by atoms with E-state index in [4.69, 9.17) is 4.74 Å². The molecule has 0 spiro atoms. The van der Waals surface area contributed by atoms with Crippen LogP contribution in [0.1, 0.15) is 18.5 Å². The number of nitrogens with zero attached hydrogens (tertiary/aromatic N) is 2. The molecule has 1 aliphatic rings. The van der Waals surface area contributed by atoms with Crippen molar-refractivity contribution in [3.8, 4) is 0 Å². The van der Waals surface area contributed by atoms with Gasteiger partial charge in [-0.2, -0.15) is 4.90 Å². The van der Waals surface area contributed by atoms with Gasteiger partial charge in [-0.15, -0.1) is 0 Å². The molecule has 1 saturated heterocycles. The van der Waals surface area contributed by atoms with Crippen LogP contribution in [0.4, 0.5) is 0 Å². The van der Waals surface area contributed by atoms with Crippen molar-refractivity contribution in [2.24, 2.45) is 0 Å². The van der Waals surface area contributed by atoms with Crippen LogP contribution in [0.3, 0.4) is 0 Å². The standard InChI is InChI=1S/C19H26N2O/c1-15(21(3)14-17-13-20(2)11-12-22-17)18-10-6-8-16-7-4-5-9-19(16)18/h4-10,15,17H,11-14H2,1-3H3/q+1/t15-,17?/m1/s1. The Morgan fingerprint density at radius 2 is 2.00 bits per heavy atom. The van der Waals surface area contributed by atoms with Gasteiger partial charge in [-0.1, -0.05) is 42.5 Å². The van der Waals surface area contributed by atoms with Gasteiger partial charge in [-0.05, 0) is 30.3 Å². The quantitative estimate of drug-likeness (QED) is 0.808. The minimum Gasteiger partial charge on any atom is -0.365 e. The second-order valence-electron chi connectivity index (χ2n) is 6.44. The van der Waals surface area contributed by atoms with Crippen LogP contribution >= 0.6 is 0 Å². The highest BCUT2D eigenvalue weighted by atomic mass is 16.5. The van der Waals surface area contributed by atoms with E-state index in [1.165, 1.54) is 16.3 Å². The molecule has 117 valence electrons. The van der Waals surface area contributed by atoms with Crippen LogP contribution in [-0.4, -0.2) is 51.3 Å². The third kappa shape index (κ3) is 3.32. The van der Waals surface area contributed by atoms with E-state index in [9.17, 15) is 0 Å². The number of hydrogen-bond donors (Lipinski definition) is 0. The van der Waals surface area contributed by atoms with E-state index >= 15 is 0 Å². The molecule has 0 aliphatic carbocycles. The van der Waals surface area contributed by atoms with E-state index in [-0.39, 0.29) is 0 Å². The average molecular weight is 298 g/mol. The third-order valence-corrected chi connectivity index (χ3v) is 4.77. The molecule has 1 unspecified atom stereocenters. The molecule has 0 bridgehead atoms. The molecule has 2 aromatic rings. The Morgan fingerprint density at radius 3 is 2.82 bits per heavy atom. The molecule has 1 fully saturated rings. The number of rotatable bonds is 4. The van der Waals surface area contributed by atoms with E-state index in [2.05, 4.69) is 73.3 Å². The lowest BCUT2D eigenvalue weighted by molar-refractivity contribution is -0.0139. The van der Waals surface area contributed by atoms with E-state index in [0.717, 1.165) is 26.2 Å². The van der Waals surface area contributed by atoms with Crippen molar-refractivity contribution in [2.45, 2.75) is 19.1 Å². The highest BCUT2D eigenvalue weighted by Crippen LogP contribution is 2.27. The summed E-state index contributed by atoms with van der Waals surface area (Å²) in [6.07, 6.45) is 0.307. The van der Waals surface area contributed by atoms with Gasteiger partial charge in [0.15, 0.2) is 0 Å². The van der Waals surface area contributed by atoms with Crippen LogP contribution < -0.4 is 4.90 Å². The SMILES string of the molecule is C[C@H](c1cccc2ccccc12)N(C)CC1C[N+](C)CCO1. The topological polar surface area (TPSA) is 18.4 Å². The molecule has 3 nitrogen and oxygen atoms in total. The van der Waals surface area contributed by atoms with Crippen molar-refractivity contribution in [1.29, 1.82) is 0 Å². The molecule has 2 aromatic carbocycles. The molecular formula is C19H26N2O+. The summed E-state index contributed by atoms with van der Waals surface area (Å²) in [5, 5.41) is 2.67. The predicted octanol–water partition coefficient (Wildman–Crippen LogP) is 3.00. The van der Waals surface area contributed by atoms with Crippen molar-refractivity contribution in [3.63, 3.8) is 0 Å². The molecule has 0 aromatic heterocycles. The maximum absolute atomic E-state index is 5.91. The molecular weight excluding hydrogens is 272 g/mol. The number of ether oxygens (including phenoxy) is 1. The number of benzene rings is 2. The minimum absolute atomic E-state index is 0.307. The van der Waals surface area contributed by atoms with Gasteiger partial charge in [0.05, 0.1) is 0 Å². The Labute approximate surface area is 133 Å². The van der Waals surface area contributed by atoms with Gasteiger partial charge in [-0.3, -0.25) is 4.90 Å². The van der Waals surface area contributed by atoms with Crippen LogP contribution in [0.2, 0.25) is 0 Å². The number of hydrogen-bond acceptors (Lipinski definition) is 3. The summed E-state index contributed by atoms with van der Waals surface area (Å²) in [5.41, 5.74) is 1.39. The third-order valence-electron chi connectivity index (χ3n) is 4.77. The summed E-state index contributed by atoms with van der Waals surface area (Å²) >= 11 is 0. The van der Waals surface area contributed by atoms with E-state index in [1.807, 2.05) is 0 Å². The number of fused-ring (bicyclic) bond motifs is 1. The summed E-state index contributed by atoms with van der Waals surface area (Å²) in [6.45, 7) is 6.16. The van der Waals surface area contributed by atoms with Gasteiger partial charge in [0, 0.05) is 12.6 Å². The van der Waals surface area contributed by atoms with Gasteiger partial charge in [-0.25, -0.2) is 0 Å². The normalized spacial score (nSPS) is 21.4. The van der Waals surface area contributed by atoms with Gasteiger partial charge in [0.25, 0.3) is 0 Å². The lowest BCUT2D eigenvalue weighted by Gasteiger charge is -2.31. The van der Waals surface area contributed by atoms with Crippen molar-refractivity contribution in [3.05, 3.63) is 48.0 Å². The Balaban J connectivity index is 1.75. The molecule has 2 atom stereocenters. The molecule has 0 amide bonds. The van der Waals surface area contributed by atoms with E-state index in [0.29, 0.717) is 12.1 Å². The molecule has 1 aliphatic heterocycles. The first kappa shape index (κ1) is 15.5. The predicted molar refractivity (Wildman–Crippen MR) is 92.5 cm³/mol. The fourth-order valence-corrected chi connectivity index (χ4v) is 3.31. The van der Waals surface area contributed by atoms with Gasteiger partial charge in [0.1, 0.15) is 32.8 Å². The smallest absolute Gasteiger partial charge is 0.150 e. The van der Waals surface area contributed by atoms with E-state index < -0.39 is 0 Å². The van der Waals surface area contributed by atoms with Crippen molar-refractivity contribution in [2.75, 3.05) is 40.3 Å². The van der Waals surface area contributed by atoms with E-state index in [1.54, 1.807) is 0 Å². The van der Waals surface area contributed by atoms with Crippen molar-refractivity contribution < 1.29 is 4.74 Å². The molecule has 3 rings (SSSR count). The Bertz CT molecular complexity index is 622. The molecule has 1 heterocycles. The number of morpholine rings is 1. The van der Waals surface area contributed by atoms with Crippen molar-refractivity contribution in [1.82, 2.24) is 9.80 Å². The average Bonchev–Trinajstić information content (AvgIpc) is 2.53. The first-order valence-electron chi connectivity index (χ1n) is 8.13. The fraction of sp³-hybridized carbons (Fsp3) is 0.474. The monoisotopic (exact) mass is 298 g/mol. The lowest BCUT2D eigenvalue weighted by Crippen LogP contribution is -2.48. The molecule has 3 heteroatoms. The molecule has 0 N–H and O–H groups in total. The largest absolute Gasteiger partial charge is 0.365 e. The van der Waals surface area contributed by atoms with Gasteiger partial charge in [0.2, 0.25) is 0 Å². The fourth-order valence-electron chi connectivity index (χ4n) is 3.31. The summed E-state index contributed by atoms with van der Waals surface area (Å²) in [5.74, 6) is 0. The van der Waals surface area contributed by atoms with Gasteiger partial charge < -0.3 is 4.74 Å². The maximum atomic E-state index is 5.91. The Hall–Kier alpha value is -1.42. The first-order chi connectivity index (χ1) is 10.6. The lowest BCUT2D eigenvalue weighted by atomic mass is 9.99. The van der Waals surface area contributed by atoms with Crippen LogP contribution in [0.25, 0.3) is 10.8 Å². The summed E-state index contributed by atoms with van der Waals surface area (Å²) in [6, 6.07) is 15.6. The number of likely N-dealkylation sites (N-methyl/N-ethyl adjacent to an activating group) is 2. The Kier molecular flexibility index (Phi) is 4.77. The molecule has 1 radical (unpaired) electrons. The molecule has 0 saturated carbocycles. The minimum atomic E-state index is 0.307. The summed E-state index contributed by atoms with van der Waals surface area (Å²) in [7, 11) is 4.37. The highest BCUT2D eigenvalue weighted by molar-refractivity contribution is 5.86. The first-order valence-corrected chi connectivity index (χ1v) is 8.13. The van der Waals surface area contributed by atoms with Crippen LogP contribution in [0.5, 0.6) is 0 Å². The molecule has 22 heavy (non-hydrogen) atoms. The zero-order valence-electron chi connectivity index (χ0n) is 13.8. The summed E-state index contributed by atoms with van der Waals surface area (Å²) < 4.78 is 5.91. The second kappa shape index (κ2) is 6.78. The Morgan fingerprint density at radius 1 is 1.23 bits per heavy atom. The van der Waals surface area contributed by atoms with Crippen LogP contribution in [0, 0.1) is 0 Å². The second-order valence-corrected chi connectivity index (χ2v) is 6.44.